The molecule has 3 N–H and O–H groups in total. The van der Waals surface area contributed by atoms with Gasteiger partial charge in [-0.05, 0) is 61.4 Å². The number of hydrogen-bond acceptors (Lipinski definition) is 4. The Hall–Kier alpha value is -3.32. The fourth-order valence-electron chi connectivity index (χ4n) is 2.91. The first-order valence-corrected chi connectivity index (χ1v) is 11.2. The van der Waals surface area contributed by atoms with Crippen molar-refractivity contribution in [1.82, 2.24) is 5.32 Å². The Labute approximate surface area is 177 Å². The quantitative estimate of drug-likeness (QED) is 0.454. The molecule has 1 amide bonds. The van der Waals surface area contributed by atoms with E-state index in [2.05, 4.69) is 15.4 Å². The van der Waals surface area contributed by atoms with Crippen molar-refractivity contribution >= 4 is 27.3 Å². The van der Waals surface area contributed by atoms with E-state index in [1.807, 2.05) is 43.3 Å². The van der Waals surface area contributed by atoms with Crippen LogP contribution in [-0.4, -0.2) is 27.4 Å². The lowest BCUT2D eigenvalue weighted by atomic mass is 10.2. The average molecular weight is 424 g/mol. The highest BCUT2D eigenvalue weighted by Crippen LogP contribution is 2.18. The molecule has 3 aromatic rings. The maximum atomic E-state index is 12.7. The van der Waals surface area contributed by atoms with E-state index in [9.17, 15) is 13.2 Å². The van der Waals surface area contributed by atoms with Crippen LogP contribution in [0.25, 0.3) is 0 Å². The van der Waals surface area contributed by atoms with Gasteiger partial charge < -0.3 is 10.6 Å². The van der Waals surface area contributed by atoms with Crippen molar-refractivity contribution in [1.29, 1.82) is 0 Å². The highest BCUT2D eigenvalue weighted by atomic mass is 32.2. The summed E-state index contributed by atoms with van der Waals surface area (Å²) in [5.74, 6) is -0.303. The Kier molecular flexibility index (Phi) is 7.08. The maximum Gasteiger partial charge on any atom is 0.261 e. The number of para-hydroxylation sites is 1. The van der Waals surface area contributed by atoms with Crippen LogP contribution in [0.2, 0.25) is 0 Å². The van der Waals surface area contributed by atoms with Gasteiger partial charge in [0.05, 0.1) is 4.90 Å². The molecule has 0 atom stereocenters. The topological polar surface area (TPSA) is 87.3 Å². The van der Waals surface area contributed by atoms with Crippen LogP contribution < -0.4 is 15.4 Å². The lowest BCUT2D eigenvalue weighted by Gasteiger charge is -2.11. The van der Waals surface area contributed by atoms with Crippen molar-refractivity contribution in [2.75, 3.05) is 23.1 Å². The summed E-state index contributed by atoms with van der Waals surface area (Å²) >= 11 is 0. The van der Waals surface area contributed by atoms with E-state index in [4.69, 9.17) is 0 Å². The molecule has 0 heterocycles. The van der Waals surface area contributed by atoms with Crippen LogP contribution in [0.3, 0.4) is 0 Å². The second-order valence-electron chi connectivity index (χ2n) is 6.91. The van der Waals surface area contributed by atoms with Gasteiger partial charge in [-0.2, -0.15) is 0 Å². The zero-order chi connectivity index (χ0) is 21.4. The fraction of sp³-hybridized carbons (Fsp3) is 0.174. The molecule has 30 heavy (non-hydrogen) atoms. The van der Waals surface area contributed by atoms with E-state index in [-0.39, 0.29) is 10.8 Å². The van der Waals surface area contributed by atoms with E-state index in [1.165, 1.54) is 12.1 Å². The molecule has 0 unspecified atom stereocenters. The standard InChI is InChI=1S/C23H25N3O3S/c1-18-8-5-12-21(16-18)26-30(28,29)22-13-6-9-19(17-22)23(27)25-15-7-14-24-20-10-3-2-4-11-20/h2-6,8-13,16-17,24,26H,7,14-15H2,1H3,(H,25,27). The van der Waals surface area contributed by atoms with Crippen molar-refractivity contribution in [3.05, 3.63) is 90.0 Å². The molecule has 0 bridgehead atoms. The fourth-order valence-corrected chi connectivity index (χ4v) is 4.00. The molecule has 0 aliphatic rings. The number of aryl methyl sites for hydroxylation is 1. The molecule has 0 saturated heterocycles. The second kappa shape index (κ2) is 9.93. The van der Waals surface area contributed by atoms with Crippen molar-refractivity contribution in [3.63, 3.8) is 0 Å². The van der Waals surface area contributed by atoms with Crippen LogP contribution in [0.1, 0.15) is 22.3 Å². The SMILES string of the molecule is Cc1cccc(NS(=O)(=O)c2cccc(C(=O)NCCCNc3ccccc3)c2)c1. The lowest BCUT2D eigenvalue weighted by Crippen LogP contribution is -2.26. The van der Waals surface area contributed by atoms with E-state index < -0.39 is 10.0 Å². The Morgan fingerprint density at radius 1 is 0.833 bits per heavy atom. The van der Waals surface area contributed by atoms with Gasteiger partial charge in [0.25, 0.3) is 15.9 Å². The highest BCUT2D eigenvalue weighted by molar-refractivity contribution is 7.92. The normalized spacial score (nSPS) is 11.0. The number of rotatable bonds is 9. The van der Waals surface area contributed by atoms with Gasteiger partial charge in [-0.15, -0.1) is 0 Å². The second-order valence-corrected chi connectivity index (χ2v) is 8.59. The van der Waals surface area contributed by atoms with Crippen molar-refractivity contribution in [2.45, 2.75) is 18.2 Å². The minimum absolute atomic E-state index is 0.0439. The smallest absolute Gasteiger partial charge is 0.261 e. The summed E-state index contributed by atoms with van der Waals surface area (Å²) in [6, 6.07) is 23.0. The molecule has 0 aliphatic carbocycles. The van der Waals surface area contributed by atoms with Gasteiger partial charge in [0.1, 0.15) is 0 Å². The third-order valence-electron chi connectivity index (χ3n) is 4.42. The van der Waals surface area contributed by atoms with Crippen molar-refractivity contribution in [3.8, 4) is 0 Å². The van der Waals surface area contributed by atoms with Crippen molar-refractivity contribution in [2.24, 2.45) is 0 Å². The molecular weight excluding hydrogens is 398 g/mol. The summed E-state index contributed by atoms with van der Waals surface area (Å²) in [5.41, 5.74) is 2.77. The van der Waals surface area contributed by atoms with Crippen LogP contribution in [0.4, 0.5) is 11.4 Å². The summed E-state index contributed by atoms with van der Waals surface area (Å²) in [6.45, 7) is 3.09. The Morgan fingerprint density at radius 2 is 1.57 bits per heavy atom. The van der Waals surface area contributed by atoms with Crippen LogP contribution in [0.15, 0.2) is 83.8 Å². The number of carbonyl (C=O) groups excluding carboxylic acids is 1. The molecule has 0 fully saturated rings. The van der Waals surface area contributed by atoms with E-state index in [1.54, 1.807) is 30.3 Å². The average Bonchev–Trinajstić information content (AvgIpc) is 2.74. The maximum absolute atomic E-state index is 12.7. The molecule has 0 aromatic heterocycles. The van der Waals surface area contributed by atoms with Gasteiger partial charge in [0, 0.05) is 30.0 Å². The van der Waals surface area contributed by atoms with Gasteiger partial charge >= 0.3 is 0 Å². The molecule has 6 nitrogen and oxygen atoms in total. The Balaban J connectivity index is 1.55. The summed E-state index contributed by atoms with van der Waals surface area (Å²) < 4.78 is 27.9. The molecule has 0 saturated carbocycles. The predicted octanol–water partition coefficient (Wildman–Crippen LogP) is 4.03. The van der Waals surface area contributed by atoms with E-state index >= 15 is 0 Å². The first-order valence-electron chi connectivity index (χ1n) is 9.71. The summed E-state index contributed by atoms with van der Waals surface area (Å²) in [6.07, 6.45) is 0.744. The number of nitrogens with one attached hydrogen (secondary N) is 3. The molecule has 0 aliphatic heterocycles. The summed E-state index contributed by atoms with van der Waals surface area (Å²) in [7, 11) is -3.79. The Morgan fingerprint density at radius 3 is 2.33 bits per heavy atom. The summed E-state index contributed by atoms with van der Waals surface area (Å²) in [5, 5.41) is 6.10. The zero-order valence-electron chi connectivity index (χ0n) is 16.8. The Bertz CT molecular complexity index is 1100. The van der Waals surface area contributed by atoms with Gasteiger partial charge in [0.2, 0.25) is 0 Å². The zero-order valence-corrected chi connectivity index (χ0v) is 17.6. The van der Waals surface area contributed by atoms with Crippen molar-refractivity contribution < 1.29 is 13.2 Å². The van der Waals surface area contributed by atoms with Gasteiger partial charge in [0.15, 0.2) is 0 Å². The predicted molar refractivity (Wildman–Crippen MR) is 120 cm³/mol. The molecule has 3 aromatic carbocycles. The summed E-state index contributed by atoms with van der Waals surface area (Å²) in [4.78, 5) is 12.5. The van der Waals surface area contributed by atoms with Gasteiger partial charge in [-0.25, -0.2) is 8.42 Å². The molecule has 156 valence electrons. The van der Waals surface area contributed by atoms with Gasteiger partial charge in [-0.1, -0.05) is 36.4 Å². The third-order valence-corrected chi connectivity index (χ3v) is 5.80. The molecular formula is C23H25N3O3S. The number of carbonyl (C=O) groups is 1. The highest BCUT2D eigenvalue weighted by Gasteiger charge is 2.16. The first-order chi connectivity index (χ1) is 14.4. The molecule has 0 spiro atoms. The largest absolute Gasteiger partial charge is 0.385 e. The minimum Gasteiger partial charge on any atom is -0.385 e. The number of anilines is 2. The molecule has 7 heteroatoms. The van der Waals surface area contributed by atoms with Gasteiger partial charge in [-0.3, -0.25) is 9.52 Å². The first kappa shape index (κ1) is 21.4. The molecule has 0 radical (unpaired) electrons. The molecule has 3 rings (SSSR count). The number of sulfonamides is 1. The number of amides is 1. The monoisotopic (exact) mass is 423 g/mol. The number of hydrogen-bond donors (Lipinski definition) is 3. The van der Waals surface area contributed by atoms with E-state index in [0.29, 0.717) is 17.8 Å². The number of benzene rings is 3. The lowest BCUT2D eigenvalue weighted by molar-refractivity contribution is 0.0953. The van der Waals surface area contributed by atoms with Crippen LogP contribution in [-0.2, 0) is 10.0 Å². The minimum atomic E-state index is -3.79. The van der Waals surface area contributed by atoms with Crippen LogP contribution in [0, 0.1) is 6.92 Å². The van der Waals surface area contributed by atoms with E-state index in [0.717, 1.165) is 24.2 Å². The third kappa shape index (κ3) is 6.09. The van der Waals surface area contributed by atoms with Crippen LogP contribution in [0.5, 0.6) is 0 Å². The van der Waals surface area contributed by atoms with Crippen LogP contribution >= 0.6 is 0 Å².